The Bertz CT molecular complexity index is 1020. The van der Waals surface area contributed by atoms with Gasteiger partial charge in [0.25, 0.3) is 0 Å². The van der Waals surface area contributed by atoms with Gasteiger partial charge in [-0.25, -0.2) is 24.3 Å². The average molecular weight is 400 g/mol. The molecule has 2 bridgehead atoms. The number of fused-ring (bicyclic) bond motifs is 4. The molecule has 6 rings (SSSR count). The maximum Gasteiger partial charge on any atom is 0.223 e. The van der Waals surface area contributed by atoms with Crippen molar-refractivity contribution in [3.05, 3.63) is 41.6 Å². The number of nitrogens with one attached hydrogen (secondary N) is 2. The molecule has 3 aromatic rings. The van der Waals surface area contributed by atoms with Crippen molar-refractivity contribution in [2.24, 2.45) is 5.92 Å². The highest BCUT2D eigenvalue weighted by atomic mass is 35.5. The standard InChI is InChI=1S/C19H19ClFN7/c20-13-7-12(1-2-14(13)21)25-18-17-15(23-10-24-18)8-22-19(27-17)26-16-9-28-5-3-11(16)4-6-28/h1-2,7-8,10-11,16H,3-6,9H2,(H,22,26,27)(H,23,24,25)/t16-/m1/s1. The molecular formula is C19H19ClFN7. The molecule has 144 valence electrons. The fraction of sp³-hybridized carbons (Fsp3) is 0.368. The normalized spacial score (nSPS) is 23.7. The van der Waals surface area contributed by atoms with Crippen molar-refractivity contribution in [3.63, 3.8) is 0 Å². The van der Waals surface area contributed by atoms with Gasteiger partial charge >= 0.3 is 0 Å². The highest BCUT2D eigenvalue weighted by molar-refractivity contribution is 6.31. The SMILES string of the molecule is Fc1ccc(Nc2ncnc3cnc(N[C@@H]4CN5CCC4CC5)nc23)cc1Cl. The summed E-state index contributed by atoms with van der Waals surface area (Å²) >= 11 is 5.88. The van der Waals surface area contributed by atoms with E-state index in [4.69, 9.17) is 11.6 Å². The van der Waals surface area contributed by atoms with Crippen LogP contribution in [0.25, 0.3) is 11.0 Å². The van der Waals surface area contributed by atoms with Crippen LogP contribution in [0.5, 0.6) is 0 Å². The van der Waals surface area contributed by atoms with E-state index in [1.165, 1.54) is 44.4 Å². The molecule has 0 radical (unpaired) electrons. The number of nitrogens with zero attached hydrogens (tertiary/aromatic N) is 5. The predicted molar refractivity (Wildman–Crippen MR) is 106 cm³/mol. The van der Waals surface area contributed by atoms with Gasteiger partial charge in [-0.2, -0.15) is 0 Å². The van der Waals surface area contributed by atoms with Crippen LogP contribution in [0.1, 0.15) is 12.8 Å². The molecule has 0 unspecified atom stereocenters. The van der Waals surface area contributed by atoms with Crippen molar-refractivity contribution in [2.45, 2.75) is 18.9 Å². The lowest BCUT2D eigenvalue weighted by atomic mass is 9.84. The third kappa shape index (κ3) is 3.33. The summed E-state index contributed by atoms with van der Waals surface area (Å²) in [6.07, 6.45) is 5.56. The molecule has 0 amide bonds. The van der Waals surface area contributed by atoms with Gasteiger partial charge in [0, 0.05) is 18.3 Å². The Kier molecular flexibility index (Phi) is 4.44. The first kappa shape index (κ1) is 17.5. The number of hydrogen-bond donors (Lipinski definition) is 2. The number of hydrogen-bond acceptors (Lipinski definition) is 7. The first-order chi connectivity index (χ1) is 13.7. The second kappa shape index (κ2) is 7.10. The van der Waals surface area contributed by atoms with Crippen molar-refractivity contribution in [1.29, 1.82) is 0 Å². The molecule has 1 atom stereocenters. The molecule has 0 saturated carbocycles. The summed E-state index contributed by atoms with van der Waals surface area (Å²) in [5, 5.41) is 6.68. The maximum absolute atomic E-state index is 13.4. The van der Waals surface area contributed by atoms with Gasteiger partial charge in [0.2, 0.25) is 5.95 Å². The van der Waals surface area contributed by atoms with Gasteiger partial charge in [-0.3, -0.25) is 0 Å². The van der Waals surface area contributed by atoms with Gasteiger partial charge < -0.3 is 15.5 Å². The lowest BCUT2D eigenvalue weighted by Crippen LogP contribution is -2.53. The number of halogens is 2. The first-order valence-corrected chi connectivity index (χ1v) is 9.72. The number of benzene rings is 1. The van der Waals surface area contributed by atoms with E-state index in [9.17, 15) is 4.39 Å². The Hall–Kier alpha value is -2.58. The molecule has 3 saturated heterocycles. The van der Waals surface area contributed by atoms with Crippen LogP contribution in [-0.2, 0) is 0 Å². The van der Waals surface area contributed by atoms with Gasteiger partial charge in [-0.05, 0) is 50.0 Å². The lowest BCUT2D eigenvalue weighted by Gasteiger charge is -2.44. The van der Waals surface area contributed by atoms with Gasteiger partial charge in [0.1, 0.15) is 23.2 Å². The van der Waals surface area contributed by atoms with Gasteiger partial charge in [-0.1, -0.05) is 11.6 Å². The largest absolute Gasteiger partial charge is 0.350 e. The highest BCUT2D eigenvalue weighted by Gasteiger charge is 2.34. The van der Waals surface area contributed by atoms with Gasteiger partial charge in [0.15, 0.2) is 5.82 Å². The highest BCUT2D eigenvalue weighted by Crippen LogP contribution is 2.30. The summed E-state index contributed by atoms with van der Waals surface area (Å²) in [6.45, 7) is 3.39. The van der Waals surface area contributed by atoms with E-state index in [1.54, 1.807) is 12.3 Å². The third-order valence-electron chi connectivity index (χ3n) is 5.53. The first-order valence-electron chi connectivity index (χ1n) is 9.34. The molecule has 0 spiro atoms. The monoisotopic (exact) mass is 399 g/mol. The molecule has 3 fully saturated rings. The van der Waals surface area contributed by atoms with Crippen LogP contribution in [-0.4, -0.2) is 50.5 Å². The van der Waals surface area contributed by atoms with Crippen molar-refractivity contribution >= 4 is 40.1 Å². The smallest absolute Gasteiger partial charge is 0.223 e. The average Bonchev–Trinajstić information content (AvgIpc) is 2.72. The van der Waals surface area contributed by atoms with Crippen LogP contribution in [0.2, 0.25) is 5.02 Å². The van der Waals surface area contributed by atoms with E-state index in [0.717, 1.165) is 6.54 Å². The molecule has 0 aliphatic carbocycles. The predicted octanol–water partition coefficient (Wildman–Crippen LogP) is 3.46. The number of anilines is 3. The van der Waals surface area contributed by atoms with Crippen LogP contribution in [0, 0.1) is 11.7 Å². The zero-order chi connectivity index (χ0) is 19.1. The van der Waals surface area contributed by atoms with Crippen LogP contribution in [0.3, 0.4) is 0 Å². The summed E-state index contributed by atoms with van der Waals surface area (Å²) in [5.41, 5.74) is 1.85. The Balaban J connectivity index is 1.43. The van der Waals surface area contributed by atoms with Crippen LogP contribution >= 0.6 is 11.6 Å². The van der Waals surface area contributed by atoms with E-state index < -0.39 is 5.82 Å². The number of rotatable bonds is 4. The van der Waals surface area contributed by atoms with Crippen molar-refractivity contribution in [1.82, 2.24) is 24.8 Å². The van der Waals surface area contributed by atoms with Crippen LogP contribution < -0.4 is 10.6 Å². The fourth-order valence-electron chi connectivity index (χ4n) is 4.02. The summed E-state index contributed by atoms with van der Waals surface area (Å²) < 4.78 is 13.4. The third-order valence-corrected chi connectivity index (χ3v) is 5.82. The van der Waals surface area contributed by atoms with Crippen molar-refractivity contribution in [2.75, 3.05) is 30.3 Å². The molecular weight excluding hydrogens is 381 g/mol. The van der Waals surface area contributed by atoms with Crippen molar-refractivity contribution < 1.29 is 4.39 Å². The Labute approximate surface area is 166 Å². The van der Waals surface area contributed by atoms with Crippen LogP contribution in [0.4, 0.5) is 21.8 Å². The second-order valence-corrected chi connectivity index (χ2v) is 7.70. The Morgan fingerprint density at radius 1 is 1.14 bits per heavy atom. The Morgan fingerprint density at radius 2 is 2.00 bits per heavy atom. The summed E-state index contributed by atoms with van der Waals surface area (Å²) in [4.78, 5) is 20.1. The molecule has 28 heavy (non-hydrogen) atoms. The minimum absolute atomic E-state index is 0.0442. The maximum atomic E-state index is 13.4. The van der Waals surface area contributed by atoms with Gasteiger partial charge in [-0.15, -0.1) is 0 Å². The van der Waals surface area contributed by atoms with E-state index in [-0.39, 0.29) is 5.02 Å². The Morgan fingerprint density at radius 3 is 2.75 bits per heavy atom. The van der Waals surface area contributed by atoms with E-state index in [0.29, 0.717) is 40.4 Å². The zero-order valence-corrected chi connectivity index (χ0v) is 15.8. The number of aromatic nitrogens is 4. The van der Waals surface area contributed by atoms with E-state index >= 15 is 0 Å². The van der Waals surface area contributed by atoms with Gasteiger partial charge in [0.05, 0.1) is 11.2 Å². The summed E-state index contributed by atoms with van der Waals surface area (Å²) in [6, 6.07) is 4.78. The molecule has 2 aromatic heterocycles. The topological polar surface area (TPSA) is 78.9 Å². The van der Waals surface area contributed by atoms with E-state index in [1.807, 2.05) is 0 Å². The molecule has 3 aliphatic heterocycles. The van der Waals surface area contributed by atoms with Crippen LogP contribution in [0.15, 0.2) is 30.7 Å². The van der Waals surface area contributed by atoms with Crippen molar-refractivity contribution in [3.8, 4) is 0 Å². The molecule has 5 heterocycles. The number of piperidine rings is 3. The zero-order valence-electron chi connectivity index (χ0n) is 15.1. The molecule has 2 N–H and O–H groups in total. The lowest BCUT2D eigenvalue weighted by molar-refractivity contribution is 0.0972. The van der Waals surface area contributed by atoms with E-state index in [2.05, 4.69) is 35.5 Å². The minimum Gasteiger partial charge on any atom is -0.350 e. The summed E-state index contributed by atoms with van der Waals surface area (Å²) in [5.74, 6) is 1.29. The second-order valence-electron chi connectivity index (χ2n) is 7.29. The minimum atomic E-state index is -0.467. The molecule has 1 aromatic carbocycles. The quantitative estimate of drug-likeness (QED) is 0.695. The molecule has 7 nitrogen and oxygen atoms in total. The molecule has 9 heteroatoms. The summed E-state index contributed by atoms with van der Waals surface area (Å²) in [7, 11) is 0. The molecule has 3 aliphatic rings. The fourth-order valence-corrected chi connectivity index (χ4v) is 4.20.